The van der Waals surface area contributed by atoms with Crippen LogP contribution in [-0.4, -0.2) is 54.6 Å². The molecule has 0 aliphatic rings. The van der Waals surface area contributed by atoms with Crippen LogP contribution in [0.4, 0.5) is 24.5 Å². The van der Waals surface area contributed by atoms with Gasteiger partial charge in [-0.05, 0) is 39.2 Å². The molecule has 0 fully saturated rings. The molecule has 1 heterocycles. The average Bonchev–Trinajstić information content (AvgIpc) is 3.09. The molecule has 190 valence electrons. The number of alkyl halides is 3. The van der Waals surface area contributed by atoms with E-state index in [1.54, 1.807) is 55.5 Å². The minimum Gasteiger partial charge on any atom is -0.355 e. The van der Waals surface area contributed by atoms with Crippen LogP contribution in [0.25, 0.3) is 11.5 Å². The SMILES string of the molecule is CCn1c(=C=C(C#N)C(=O)NCC(F)(F)F)sc(=C=CNc2cccc(NC(=O)CN(C)C)c2)c1=O. The van der Waals surface area contributed by atoms with Gasteiger partial charge in [0.1, 0.15) is 21.8 Å². The summed E-state index contributed by atoms with van der Waals surface area (Å²) < 4.78 is 38.4. The number of carbonyl (C=O) groups is 2. The second kappa shape index (κ2) is 12.6. The van der Waals surface area contributed by atoms with Gasteiger partial charge >= 0.3 is 6.18 Å². The number of nitriles is 1. The molecule has 3 N–H and O–H groups in total. The Balaban J connectivity index is 2.37. The smallest absolute Gasteiger partial charge is 0.355 e. The summed E-state index contributed by atoms with van der Waals surface area (Å²) >= 11 is 0.869. The van der Waals surface area contributed by atoms with Crippen molar-refractivity contribution in [3.63, 3.8) is 0 Å². The van der Waals surface area contributed by atoms with E-state index >= 15 is 0 Å². The molecule has 0 atom stereocenters. The molecule has 0 unspecified atom stereocenters. The highest BCUT2D eigenvalue weighted by atomic mass is 32.1. The maximum Gasteiger partial charge on any atom is 0.405 e. The number of benzene rings is 1. The van der Waals surface area contributed by atoms with Gasteiger partial charge in [0.25, 0.3) is 11.5 Å². The van der Waals surface area contributed by atoms with E-state index < -0.39 is 29.8 Å². The van der Waals surface area contributed by atoms with Crippen molar-refractivity contribution in [1.29, 1.82) is 5.26 Å². The number of thiazole rings is 1. The van der Waals surface area contributed by atoms with Crippen LogP contribution < -0.4 is 30.7 Å². The zero-order chi connectivity index (χ0) is 26.9. The van der Waals surface area contributed by atoms with E-state index in [-0.39, 0.29) is 28.2 Å². The summed E-state index contributed by atoms with van der Waals surface area (Å²) in [6, 6.07) is 8.37. The minimum absolute atomic E-state index is 0.0858. The summed E-state index contributed by atoms with van der Waals surface area (Å²) in [5.74, 6) is -1.43. The number of hydrogen-bond donors (Lipinski definition) is 3. The molecule has 1 aromatic heterocycles. The van der Waals surface area contributed by atoms with Crippen molar-refractivity contribution in [2.24, 2.45) is 0 Å². The fourth-order valence-electron chi connectivity index (χ4n) is 2.75. The number of halogens is 3. The number of likely N-dealkylation sites (N-methyl/N-ethyl adjacent to an activating group) is 1. The van der Waals surface area contributed by atoms with E-state index in [1.807, 2.05) is 0 Å². The Kier molecular flexibility index (Phi) is 9.84. The zero-order valence-electron chi connectivity index (χ0n) is 19.6. The van der Waals surface area contributed by atoms with Gasteiger partial charge in [0.15, 0.2) is 5.57 Å². The highest BCUT2D eigenvalue weighted by molar-refractivity contribution is 7.07. The second-order valence-corrected chi connectivity index (χ2v) is 8.49. The number of amides is 2. The number of anilines is 2. The third-order valence-electron chi connectivity index (χ3n) is 4.27. The minimum atomic E-state index is -4.64. The van der Waals surface area contributed by atoms with Gasteiger partial charge < -0.3 is 20.9 Å². The van der Waals surface area contributed by atoms with Crippen molar-refractivity contribution in [3.8, 4) is 6.07 Å². The van der Waals surface area contributed by atoms with Crippen molar-refractivity contribution in [1.82, 2.24) is 14.8 Å². The molecule has 0 aliphatic heterocycles. The normalized spacial score (nSPS) is 10.6. The Hall–Kier alpha value is -4.07. The molecule has 2 aromatic rings. The second-order valence-electron chi connectivity index (χ2n) is 7.50. The number of hydrogen-bond acceptors (Lipinski definition) is 7. The van der Waals surface area contributed by atoms with Crippen molar-refractivity contribution < 1.29 is 22.8 Å². The summed E-state index contributed by atoms with van der Waals surface area (Å²) in [4.78, 5) is 38.2. The van der Waals surface area contributed by atoms with E-state index in [2.05, 4.69) is 22.1 Å². The van der Waals surface area contributed by atoms with Gasteiger partial charge in [-0.15, -0.1) is 0 Å². The Bertz CT molecular complexity index is 1420. The maximum atomic E-state index is 12.7. The summed E-state index contributed by atoms with van der Waals surface area (Å²) in [5, 5.41) is 16.5. The lowest BCUT2D eigenvalue weighted by Crippen LogP contribution is -2.34. The summed E-state index contributed by atoms with van der Waals surface area (Å²) in [5.41, 5.74) is 5.23. The molecule has 0 radical (unpaired) electrons. The number of nitrogens with zero attached hydrogens (tertiary/aromatic N) is 3. The van der Waals surface area contributed by atoms with Crippen molar-refractivity contribution >= 4 is 46.0 Å². The van der Waals surface area contributed by atoms with Gasteiger partial charge in [0, 0.05) is 24.1 Å². The van der Waals surface area contributed by atoms with Gasteiger partial charge in [-0.3, -0.25) is 19.0 Å². The molecular formula is C23H23F3N6O3S. The van der Waals surface area contributed by atoms with E-state index in [4.69, 9.17) is 0 Å². The lowest BCUT2D eigenvalue weighted by molar-refractivity contribution is -0.136. The number of carbonyl (C=O) groups excluding carboxylic acids is 2. The molecule has 0 spiro atoms. The Morgan fingerprint density at radius 3 is 2.56 bits per heavy atom. The van der Waals surface area contributed by atoms with Gasteiger partial charge in [-0.2, -0.15) is 18.4 Å². The molecule has 0 aliphatic carbocycles. The number of nitrogens with one attached hydrogen (secondary N) is 3. The van der Waals surface area contributed by atoms with Crippen LogP contribution in [0.3, 0.4) is 0 Å². The summed E-state index contributed by atoms with van der Waals surface area (Å²) in [7, 11) is 3.55. The molecule has 2 rings (SSSR count). The molecule has 0 saturated heterocycles. The van der Waals surface area contributed by atoms with Gasteiger partial charge in [0.2, 0.25) is 5.91 Å². The third-order valence-corrected chi connectivity index (χ3v) is 5.28. The van der Waals surface area contributed by atoms with Crippen molar-refractivity contribution in [2.75, 3.05) is 37.8 Å². The predicted octanol–water partition coefficient (Wildman–Crippen LogP) is 0.943. The highest BCUT2D eigenvalue weighted by Crippen LogP contribution is 2.15. The van der Waals surface area contributed by atoms with Crippen LogP contribution in [0.2, 0.25) is 0 Å². The Morgan fingerprint density at radius 2 is 1.94 bits per heavy atom. The van der Waals surface area contributed by atoms with Crippen LogP contribution >= 0.6 is 11.3 Å². The first-order valence-electron chi connectivity index (χ1n) is 10.5. The van der Waals surface area contributed by atoms with Gasteiger partial charge in [-0.25, -0.2) is 0 Å². The summed E-state index contributed by atoms with van der Waals surface area (Å²) in [6.07, 6.45) is -3.26. The van der Waals surface area contributed by atoms with E-state index in [1.165, 1.54) is 16.8 Å². The zero-order valence-corrected chi connectivity index (χ0v) is 20.4. The van der Waals surface area contributed by atoms with E-state index in [0.717, 1.165) is 11.3 Å². The largest absolute Gasteiger partial charge is 0.405 e. The molecule has 0 bridgehead atoms. The lowest BCUT2D eigenvalue weighted by atomic mass is 10.2. The molecule has 1 aromatic carbocycles. The van der Waals surface area contributed by atoms with Gasteiger partial charge in [-0.1, -0.05) is 28.9 Å². The fraction of sp³-hybridized carbons (Fsp3) is 0.304. The molecule has 36 heavy (non-hydrogen) atoms. The highest BCUT2D eigenvalue weighted by Gasteiger charge is 2.28. The predicted molar refractivity (Wildman–Crippen MR) is 130 cm³/mol. The van der Waals surface area contributed by atoms with Crippen LogP contribution in [-0.2, 0) is 16.1 Å². The first-order valence-corrected chi connectivity index (χ1v) is 11.3. The summed E-state index contributed by atoms with van der Waals surface area (Å²) in [6.45, 7) is 0.442. The van der Waals surface area contributed by atoms with Crippen LogP contribution in [0.1, 0.15) is 6.92 Å². The Morgan fingerprint density at radius 1 is 1.25 bits per heavy atom. The molecule has 2 amide bonds. The first kappa shape index (κ1) is 28.2. The van der Waals surface area contributed by atoms with E-state index in [9.17, 15) is 32.8 Å². The number of rotatable bonds is 8. The van der Waals surface area contributed by atoms with Crippen molar-refractivity contribution in [3.05, 3.63) is 55.6 Å². The third kappa shape index (κ3) is 8.61. The average molecular weight is 521 g/mol. The fourth-order valence-corrected chi connectivity index (χ4v) is 3.74. The quantitative estimate of drug-likeness (QED) is 0.352. The Labute approximate surface area is 208 Å². The van der Waals surface area contributed by atoms with Crippen LogP contribution in [0.15, 0.2) is 40.8 Å². The monoisotopic (exact) mass is 520 g/mol. The lowest BCUT2D eigenvalue weighted by Gasteiger charge is -2.10. The standard InChI is InChI=1S/C23H23F3N6O3S/c1-4-32-20(10-15(12-27)21(34)29-14-23(24,25)26)36-18(22(32)35)8-9-28-16-6-5-7-17(11-16)30-19(33)13-31(2)3/h5-7,9,11,28H,4,13-14H2,1-3H3,(H,29,34)(H,30,33). The van der Waals surface area contributed by atoms with Crippen molar-refractivity contribution in [2.45, 2.75) is 19.6 Å². The molecule has 13 heteroatoms. The molecular weight excluding hydrogens is 497 g/mol. The maximum absolute atomic E-state index is 12.7. The van der Waals surface area contributed by atoms with Crippen LogP contribution in [0, 0.1) is 11.3 Å². The van der Waals surface area contributed by atoms with Gasteiger partial charge in [0.05, 0.1) is 6.54 Å². The topological polar surface area (TPSA) is 119 Å². The number of aromatic nitrogens is 1. The molecule has 9 nitrogen and oxygen atoms in total. The van der Waals surface area contributed by atoms with Crippen LogP contribution in [0.5, 0.6) is 0 Å². The molecule has 0 saturated carbocycles. The first-order chi connectivity index (χ1) is 16.9. The van der Waals surface area contributed by atoms with E-state index in [0.29, 0.717) is 11.4 Å².